The summed E-state index contributed by atoms with van der Waals surface area (Å²) in [5.41, 5.74) is 7.67. The molecule has 35 heavy (non-hydrogen) atoms. The van der Waals surface area contributed by atoms with Crippen molar-refractivity contribution in [3.8, 4) is 11.5 Å². The molecule has 2 aromatic rings. The lowest BCUT2D eigenvalue weighted by Crippen LogP contribution is -2.42. The van der Waals surface area contributed by atoms with E-state index in [2.05, 4.69) is 0 Å². The Morgan fingerprint density at radius 1 is 1.09 bits per heavy atom. The second-order valence-electron chi connectivity index (χ2n) is 8.97. The van der Waals surface area contributed by atoms with E-state index in [1.807, 2.05) is 17.9 Å². The molecule has 2 fully saturated rings. The van der Waals surface area contributed by atoms with Crippen LogP contribution in [0.5, 0.6) is 11.5 Å². The van der Waals surface area contributed by atoms with Gasteiger partial charge in [-0.15, -0.1) is 0 Å². The lowest BCUT2D eigenvalue weighted by molar-refractivity contribution is -0.146. The zero-order valence-electron chi connectivity index (χ0n) is 19.4. The Morgan fingerprint density at radius 2 is 1.77 bits per heavy atom. The number of benzene rings is 2. The molecule has 10 heteroatoms. The quantitative estimate of drug-likeness (QED) is 0.275. The number of nitrogen functional groups attached to an aromatic ring is 1. The first-order chi connectivity index (χ1) is 16.8. The van der Waals surface area contributed by atoms with Gasteiger partial charge in [0.1, 0.15) is 5.84 Å². The van der Waals surface area contributed by atoms with E-state index in [4.69, 9.17) is 25.4 Å². The first-order valence-corrected chi connectivity index (χ1v) is 11.3. The number of carbonyl (C=O) groups is 3. The van der Waals surface area contributed by atoms with Gasteiger partial charge in [-0.1, -0.05) is 30.3 Å². The van der Waals surface area contributed by atoms with Crippen molar-refractivity contribution in [1.29, 1.82) is 5.41 Å². The van der Waals surface area contributed by atoms with Crippen molar-refractivity contribution in [2.75, 3.05) is 20.4 Å². The number of fused-ring (bicyclic) bond motifs is 2. The third kappa shape index (κ3) is 3.79. The highest BCUT2D eigenvalue weighted by atomic mass is 16.7. The lowest BCUT2D eigenvalue weighted by atomic mass is 9.86. The van der Waals surface area contributed by atoms with E-state index in [1.165, 1.54) is 12.0 Å². The van der Waals surface area contributed by atoms with Gasteiger partial charge in [0.15, 0.2) is 11.5 Å². The molecule has 0 radical (unpaired) electrons. The summed E-state index contributed by atoms with van der Waals surface area (Å²) in [5, 5.41) is 7.64. The molecule has 0 bridgehead atoms. The fraction of sp³-hybridized carbons (Fsp3) is 0.360. The van der Waals surface area contributed by atoms with Crippen molar-refractivity contribution in [3.05, 3.63) is 59.2 Å². The van der Waals surface area contributed by atoms with Crippen LogP contribution in [0.4, 0.5) is 0 Å². The smallest absolute Gasteiger partial charge is 0.319 e. The number of methoxy groups -OCH3 is 1. The number of likely N-dealkylation sites (tertiary alicyclic amines) is 2. The van der Waals surface area contributed by atoms with Gasteiger partial charge in [-0.05, 0) is 30.2 Å². The van der Waals surface area contributed by atoms with E-state index < -0.39 is 23.8 Å². The maximum Gasteiger partial charge on any atom is 0.319 e. The third-order valence-electron chi connectivity index (χ3n) is 7.11. The van der Waals surface area contributed by atoms with E-state index in [-0.39, 0.29) is 43.6 Å². The highest BCUT2D eigenvalue weighted by Crippen LogP contribution is 2.50. The number of amides is 2. The van der Waals surface area contributed by atoms with Gasteiger partial charge in [-0.2, -0.15) is 0 Å². The number of nitrogens with one attached hydrogen (secondary N) is 1. The van der Waals surface area contributed by atoms with E-state index in [0.29, 0.717) is 17.1 Å². The molecule has 2 amide bonds. The molecule has 0 aromatic heterocycles. The number of hydrogen-bond donors (Lipinski definition) is 2. The molecule has 2 saturated heterocycles. The molecule has 4 atom stereocenters. The molecule has 5 rings (SSSR count). The fourth-order valence-corrected chi connectivity index (χ4v) is 5.37. The van der Waals surface area contributed by atoms with Gasteiger partial charge in [-0.3, -0.25) is 29.6 Å². The van der Waals surface area contributed by atoms with Crippen molar-refractivity contribution < 1.29 is 28.6 Å². The van der Waals surface area contributed by atoms with Crippen molar-refractivity contribution in [3.63, 3.8) is 0 Å². The van der Waals surface area contributed by atoms with Crippen LogP contribution in [0.3, 0.4) is 0 Å². The molecular formula is C25H26N4O6. The zero-order chi connectivity index (χ0) is 24.9. The van der Waals surface area contributed by atoms with Crippen LogP contribution in [0.2, 0.25) is 0 Å². The van der Waals surface area contributed by atoms with Crippen LogP contribution >= 0.6 is 0 Å². The fourth-order valence-electron chi connectivity index (χ4n) is 5.37. The molecule has 3 aliphatic heterocycles. The molecule has 3 heterocycles. The van der Waals surface area contributed by atoms with Gasteiger partial charge < -0.3 is 19.9 Å². The number of esters is 1. The van der Waals surface area contributed by atoms with Crippen LogP contribution in [0.25, 0.3) is 0 Å². The molecule has 0 unspecified atom stereocenters. The van der Waals surface area contributed by atoms with Gasteiger partial charge in [-0.25, -0.2) is 0 Å². The predicted molar refractivity (Wildman–Crippen MR) is 123 cm³/mol. The summed E-state index contributed by atoms with van der Waals surface area (Å²) in [4.78, 5) is 42.6. The molecule has 3 N–H and O–H groups in total. The van der Waals surface area contributed by atoms with E-state index >= 15 is 0 Å². The maximum absolute atomic E-state index is 13.7. The second-order valence-corrected chi connectivity index (χ2v) is 8.97. The number of imide groups is 1. The predicted octanol–water partition coefficient (Wildman–Crippen LogP) is 1.42. The number of hydrogen-bond acceptors (Lipinski definition) is 8. The molecule has 0 spiro atoms. The normalized spacial score (nSPS) is 25.1. The van der Waals surface area contributed by atoms with Gasteiger partial charge in [0.25, 0.3) is 0 Å². The molecule has 10 nitrogen and oxygen atoms in total. The van der Waals surface area contributed by atoms with E-state index in [0.717, 1.165) is 11.1 Å². The Kier molecular flexibility index (Phi) is 5.68. The summed E-state index contributed by atoms with van der Waals surface area (Å²) in [6.45, 7) is 2.08. The minimum atomic E-state index is -0.653. The number of amidine groups is 1. The average molecular weight is 479 g/mol. The number of carbonyl (C=O) groups excluding carboxylic acids is 3. The summed E-state index contributed by atoms with van der Waals surface area (Å²) >= 11 is 0. The average Bonchev–Trinajstić information content (AvgIpc) is 3.50. The Bertz CT molecular complexity index is 1210. The number of nitrogens with zero attached hydrogens (tertiary/aromatic N) is 2. The Morgan fingerprint density at radius 3 is 2.46 bits per heavy atom. The Balaban J connectivity index is 1.47. The SMILES string of the molecule is COC(=O)CN1[C@H](C)[C@H]2C(=O)N(Cc3ccc4c(c3)OCO4)C(=O)[C@H]2[C@H]1c1ccc(C(=N)N)cc1. The Hall–Kier alpha value is -3.92. The van der Waals surface area contributed by atoms with Crippen molar-refractivity contribution in [2.24, 2.45) is 17.6 Å². The molecule has 3 aliphatic rings. The van der Waals surface area contributed by atoms with Crippen LogP contribution in [0, 0.1) is 17.2 Å². The van der Waals surface area contributed by atoms with Crippen molar-refractivity contribution in [2.45, 2.75) is 25.6 Å². The van der Waals surface area contributed by atoms with Gasteiger partial charge in [0, 0.05) is 17.6 Å². The summed E-state index contributed by atoms with van der Waals surface area (Å²) in [7, 11) is 1.31. The minimum Gasteiger partial charge on any atom is -0.468 e. The van der Waals surface area contributed by atoms with Crippen LogP contribution in [-0.4, -0.2) is 59.9 Å². The number of ether oxygens (including phenoxy) is 3. The van der Waals surface area contributed by atoms with Crippen molar-refractivity contribution in [1.82, 2.24) is 9.80 Å². The summed E-state index contributed by atoms with van der Waals surface area (Å²) in [5.74, 6) is -1.09. The van der Waals surface area contributed by atoms with E-state index in [9.17, 15) is 14.4 Å². The van der Waals surface area contributed by atoms with Gasteiger partial charge in [0.2, 0.25) is 18.6 Å². The minimum absolute atomic E-state index is 0.0491. The van der Waals surface area contributed by atoms with Crippen molar-refractivity contribution >= 4 is 23.6 Å². The monoisotopic (exact) mass is 478 g/mol. The molecule has 0 saturated carbocycles. The van der Waals surface area contributed by atoms with E-state index in [1.54, 1.807) is 36.4 Å². The first kappa shape index (κ1) is 22.9. The molecule has 0 aliphatic carbocycles. The summed E-state index contributed by atoms with van der Waals surface area (Å²) in [6, 6.07) is 11.5. The largest absolute Gasteiger partial charge is 0.468 e. The Labute approximate surface area is 202 Å². The van der Waals surface area contributed by atoms with Gasteiger partial charge >= 0.3 is 5.97 Å². The van der Waals surface area contributed by atoms with Gasteiger partial charge in [0.05, 0.1) is 32.0 Å². The molecular weight excluding hydrogens is 452 g/mol. The number of rotatable bonds is 6. The number of nitrogens with two attached hydrogens (primary N) is 1. The van der Waals surface area contributed by atoms with Crippen LogP contribution in [0.1, 0.15) is 29.7 Å². The van der Waals surface area contributed by atoms with Crippen LogP contribution in [-0.2, 0) is 25.7 Å². The lowest BCUT2D eigenvalue weighted by Gasteiger charge is -2.31. The third-order valence-corrected chi connectivity index (χ3v) is 7.11. The molecule has 2 aromatic carbocycles. The highest BCUT2D eigenvalue weighted by Gasteiger charge is 2.61. The van der Waals surface area contributed by atoms with Crippen LogP contribution in [0.15, 0.2) is 42.5 Å². The highest BCUT2D eigenvalue weighted by molar-refractivity contribution is 6.06. The standard InChI is InChI=1S/C25H26N4O6/c1-13-20-21(22(28(13)11-19(30)33-2)15-4-6-16(7-5-15)23(26)27)25(32)29(24(20)31)10-14-3-8-17-18(9-14)35-12-34-17/h3-9,13,20-22H,10-12H2,1-2H3,(H3,26,27)/t13-,20-,21-,22-/m1/s1. The topological polar surface area (TPSA) is 135 Å². The summed E-state index contributed by atoms with van der Waals surface area (Å²) < 4.78 is 15.7. The molecule has 182 valence electrons. The second kappa shape index (κ2) is 8.70. The summed E-state index contributed by atoms with van der Waals surface area (Å²) in [6.07, 6.45) is 0. The first-order valence-electron chi connectivity index (χ1n) is 11.3. The van der Waals surface area contributed by atoms with Crippen LogP contribution < -0.4 is 15.2 Å². The zero-order valence-corrected chi connectivity index (χ0v) is 19.4. The maximum atomic E-state index is 13.7.